The van der Waals surface area contributed by atoms with Crippen molar-refractivity contribution in [2.45, 2.75) is 33.2 Å². The molecule has 2 rings (SSSR count). The molecule has 0 radical (unpaired) electrons. The molecule has 0 fully saturated rings. The number of allylic oxidation sites excluding steroid dienone is 1. The predicted molar refractivity (Wildman–Crippen MR) is 76.5 cm³/mol. The van der Waals surface area contributed by atoms with Gasteiger partial charge in [0.2, 0.25) is 0 Å². The standard InChI is InChI=1S/C16H21NO2/c1-4-19-16(18)14-9-10-15(17-12(14)3)13-7-5-11(2)6-8-13/h5-8,10,12,14,17H,4,9H2,1-3H3. The monoisotopic (exact) mass is 259 g/mol. The van der Waals surface area contributed by atoms with Crippen LogP contribution >= 0.6 is 0 Å². The fourth-order valence-corrected chi connectivity index (χ4v) is 2.34. The maximum absolute atomic E-state index is 11.8. The number of nitrogens with one attached hydrogen (secondary N) is 1. The highest BCUT2D eigenvalue weighted by Gasteiger charge is 2.29. The number of hydrogen-bond donors (Lipinski definition) is 1. The molecule has 0 spiro atoms. The highest BCUT2D eigenvalue weighted by atomic mass is 16.5. The number of carbonyl (C=O) groups excluding carboxylic acids is 1. The van der Waals surface area contributed by atoms with Gasteiger partial charge in [-0.1, -0.05) is 35.9 Å². The molecule has 0 amide bonds. The quantitative estimate of drug-likeness (QED) is 0.848. The van der Waals surface area contributed by atoms with E-state index < -0.39 is 0 Å². The molecular weight excluding hydrogens is 238 g/mol. The van der Waals surface area contributed by atoms with E-state index in [1.807, 2.05) is 13.8 Å². The van der Waals surface area contributed by atoms with Crippen molar-refractivity contribution in [3.05, 3.63) is 41.5 Å². The zero-order chi connectivity index (χ0) is 13.8. The summed E-state index contributed by atoms with van der Waals surface area (Å²) in [4.78, 5) is 11.8. The summed E-state index contributed by atoms with van der Waals surface area (Å²) in [6.45, 7) is 6.39. The minimum Gasteiger partial charge on any atom is -0.466 e. The maximum atomic E-state index is 11.8. The Labute approximate surface area is 114 Å². The second-order valence-electron chi connectivity index (χ2n) is 5.01. The number of hydrogen-bond acceptors (Lipinski definition) is 3. The molecule has 3 heteroatoms. The Bertz CT molecular complexity index is 476. The van der Waals surface area contributed by atoms with Gasteiger partial charge in [-0.25, -0.2) is 0 Å². The van der Waals surface area contributed by atoms with Crippen molar-refractivity contribution < 1.29 is 9.53 Å². The summed E-state index contributed by atoms with van der Waals surface area (Å²) >= 11 is 0. The first-order valence-corrected chi connectivity index (χ1v) is 6.82. The van der Waals surface area contributed by atoms with Crippen LogP contribution in [-0.4, -0.2) is 18.6 Å². The van der Waals surface area contributed by atoms with E-state index in [1.54, 1.807) is 0 Å². The van der Waals surface area contributed by atoms with Crippen LogP contribution in [0.3, 0.4) is 0 Å². The molecule has 0 saturated heterocycles. The summed E-state index contributed by atoms with van der Waals surface area (Å²) in [5, 5.41) is 3.40. The molecular formula is C16H21NO2. The average molecular weight is 259 g/mol. The molecule has 0 aliphatic carbocycles. The van der Waals surface area contributed by atoms with Crippen molar-refractivity contribution >= 4 is 11.7 Å². The molecule has 0 aromatic heterocycles. The first-order chi connectivity index (χ1) is 9.11. The van der Waals surface area contributed by atoms with Gasteiger partial charge in [-0.15, -0.1) is 0 Å². The van der Waals surface area contributed by atoms with Gasteiger partial charge in [0.1, 0.15) is 0 Å². The SMILES string of the molecule is CCOC(=O)C1CC=C(c2ccc(C)cc2)NC1C. The molecule has 1 aliphatic rings. The normalized spacial score (nSPS) is 22.4. The number of carbonyl (C=O) groups is 1. The minimum atomic E-state index is -0.110. The lowest BCUT2D eigenvalue weighted by Crippen LogP contribution is -2.40. The van der Waals surface area contributed by atoms with Crippen LogP contribution in [0.4, 0.5) is 0 Å². The summed E-state index contributed by atoms with van der Waals surface area (Å²) in [6.07, 6.45) is 2.82. The Morgan fingerprint density at radius 2 is 2.05 bits per heavy atom. The molecule has 1 aromatic carbocycles. The first-order valence-electron chi connectivity index (χ1n) is 6.82. The smallest absolute Gasteiger partial charge is 0.311 e. The van der Waals surface area contributed by atoms with Crippen LogP contribution in [0.25, 0.3) is 5.70 Å². The zero-order valence-electron chi connectivity index (χ0n) is 11.8. The molecule has 1 heterocycles. The van der Waals surface area contributed by atoms with E-state index in [-0.39, 0.29) is 17.9 Å². The molecule has 0 saturated carbocycles. The fourth-order valence-electron chi connectivity index (χ4n) is 2.34. The van der Waals surface area contributed by atoms with Crippen LogP contribution in [0.2, 0.25) is 0 Å². The fraction of sp³-hybridized carbons (Fsp3) is 0.438. The van der Waals surface area contributed by atoms with Crippen LogP contribution in [0.1, 0.15) is 31.4 Å². The topological polar surface area (TPSA) is 38.3 Å². The third kappa shape index (κ3) is 3.16. The molecule has 1 aromatic rings. The zero-order valence-corrected chi connectivity index (χ0v) is 11.8. The molecule has 2 atom stereocenters. The number of aryl methyl sites for hydroxylation is 1. The molecule has 1 N–H and O–H groups in total. The van der Waals surface area contributed by atoms with E-state index in [0.717, 1.165) is 12.1 Å². The lowest BCUT2D eigenvalue weighted by Gasteiger charge is -2.29. The van der Waals surface area contributed by atoms with E-state index in [0.29, 0.717) is 6.61 Å². The Kier molecular flexibility index (Phi) is 4.25. The van der Waals surface area contributed by atoms with Gasteiger partial charge in [0.15, 0.2) is 0 Å². The van der Waals surface area contributed by atoms with Gasteiger partial charge in [-0.3, -0.25) is 4.79 Å². The van der Waals surface area contributed by atoms with Crippen molar-refractivity contribution in [2.75, 3.05) is 6.61 Å². The number of ether oxygens (including phenoxy) is 1. The second-order valence-corrected chi connectivity index (χ2v) is 5.01. The summed E-state index contributed by atoms with van der Waals surface area (Å²) in [6, 6.07) is 8.50. The second kappa shape index (κ2) is 5.91. The van der Waals surface area contributed by atoms with Crippen molar-refractivity contribution in [1.82, 2.24) is 5.32 Å². The van der Waals surface area contributed by atoms with Crippen LogP contribution in [0, 0.1) is 12.8 Å². The molecule has 102 valence electrons. The number of benzene rings is 1. The molecule has 19 heavy (non-hydrogen) atoms. The van der Waals surface area contributed by atoms with Crippen molar-refractivity contribution in [1.29, 1.82) is 0 Å². The van der Waals surface area contributed by atoms with Crippen molar-refractivity contribution in [3.63, 3.8) is 0 Å². The third-order valence-electron chi connectivity index (χ3n) is 3.51. The highest BCUT2D eigenvalue weighted by Crippen LogP contribution is 2.24. The first kappa shape index (κ1) is 13.7. The largest absolute Gasteiger partial charge is 0.466 e. The minimum absolute atomic E-state index is 0.0888. The Morgan fingerprint density at radius 1 is 1.37 bits per heavy atom. The third-order valence-corrected chi connectivity index (χ3v) is 3.51. The van der Waals surface area contributed by atoms with E-state index in [1.165, 1.54) is 11.1 Å². The van der Waals surface area contributed by atoms with Crippen LogP contribution in [-0.2, 0) is 9.53 Å². The highest BCUT2D eigenvalue weighted by molar-refractivity contribution is 5.76. The molecule has 1 aliphatic heterocycles. The van der Waals surface area contributed by atoms with Gasteiger partial charge in [0, 0.05) is 11.7 Å². The molecule has 3 nitrogen and oxygen atoms in total. The summed E-state index contributed by atoms with van der Waals surface area (Å²) in [5.74, 6) is -0.198. The molecule has 0 bridgehead atoms. The Morgan fingerprint density at radius 3 is 2.63 bits per heavy atom. The lowest BCUT2D eigenvalue weighted by molar-refractivity contribution is -0.148. The number of rotatable bonds is 3. The lowest BCUT2D eigenvalue weighted by atomic mass is 9.91. The number of esters is 1. The van der Waals surface area contributed by atoms with E-state index in [2.05, 4.69) is 42.6 Å². The van der Waals surface area contributed by atoms with Gasteiger partial charge in [-0.2, -0.15) is 0 Å². The Balaban J connectivity index is 2.11. The van der Waals surface area contributed by atoms with Crippen molar-refractivity contribution in [3.8, 4) is 0 Å². The predicted octanol–water partition coefficient (Wildman–Crippen LogP) is 2.90. The maximum Gasteiger partial charge on any atom is 0.311 e. The van der Waals surface area contributed by atoms with Crippen LogP contribution < -0.4 is 5.32 Å². The van der Waals surface area contributed by atoms with E-state index in [9.17, 15) is 4.79 Å². The van der Waals surface area contributed by atoms with E-state index >= 15 is 0 Å². The molecule has 2 unspecified atom stereocenters. The van der Waals surface area contributed by atoms with Crippen molar-refractivity contribution in [2.24, 2.45) is 5.92 Å². The van der Waals surface area contributed by atoms with Gasteiger partial charge in [0.25, 0.3) is 0 Å². The van der Waals surface area contributed by atoms with Gasteiger partial charge >= 0.3 is 5.97 Å². The van der Waals surface area contributed by atoms with Crippen LogP contribution in [0.5, 0.6) is 0 Å². The van der Waals surface area contributed by atoms with E-state index in [4.69, 9.17) is 4.74 Å². The van der Waals surface area contributed by atoms with Gasteiger partial charge in [0.05, 0.1) is 12.5 Å². The summed E-state index contributed by atoms with van der Waals surface area (Å²) in [7, 11) is 0. The Hall–Kier alpha value is -1.77. The van der Waals surface area contributed by atoms with Crippen LogP contribution in [0.15, 0.2) is 30.3 Å². The average Bonchev–Trinajstić information content (AvgIpc) is 2.39. The summed E-state index contributed by atoms with van der Waals surface area (Å²) in [5.41, 5.74) is 3.52. The van der Waals surface area contributed by atoms with Gasteiger partial charge < -0.3 is 10.1 Å². The van der Waals surface area contributed by atoms with Gasteiger partial charge in [-0.05, 0) is 32.8 Å². The summed E-state index contributed by atoms with van der Waals surface area (Å²) < 4.78 is 5.10.